The molecule has 0 saturated heterocycles. The molecule has 4 heteroatoms. The van der Waals surface area contributed by atoms with Crippen LogP contribution in [0.15, 0.2) is 6.07 Å². The Morgan fingerprint density at radius 2 is 2.20 bits per heavy atom. The van der Waals surface area contributed by atoms with E-state index in [0.717, 1.165) is 24.4 Å². The molecule has 15 heavy (non-hydrogen) atoms. The largest absolute Gasteiger partial charge is 0.389 e. The number of hydrogen-bond acceptors (Lipinski definition) is 3. The average Bonchev–Trinajstić information content (AvgIpc) is 2.45. The van der Waals surface area contributed by atoms with Crippen LogP contribution in [0, 0.1) is 0 Å². The zero-order chi connectivity index (χ0) is 11.5. The molecule has 0 aliphatic heterocycles. The Kier molecular flexibility index (Phi) is 3.88. The summed E-state index contributed by atoms with van der Waals surface area (Å²) in [6.45, 7) is 7.00. The van der Waals surface area contributed by atoms with Gasteiger partial charge in [0.2, 0.25) is 0 Å². The van der Waals surface area contributed by atoms with Crippen LogP contribution in [0.2, 0.25) is 0 Å². The van der Waals surface area contributed by atoms with Crippen molar-refractivity contribution in [2.24, 2.45) is 7.05 Å². The summed E-state index contributed by atoms with van der Waals surface area (Å²) in [6.07, 6.45) is 0.958. The van der Waals surface area contributed by atoms with Crippen LogP contribution < -0.4 is 5.32 Å². The van der Waals surface area contributed by atoms with Crippen LogP contribution in [-0.4, -0.2) is 27.0 Å². The Bertz CT molecular complexity index is 312. The second kappa shape index (κ2) is 4.77. The van der Waals surface area contributed by atoms with E-state index in [9.17, 15) is 5.11 Å². The second-order valence-corrected chi connectivity index (χ2v) is 4.52. The van der Waals surface area contributed by atoms with Crippen LogP contribution in [0.5, 0.6) is 0 Å². The van der Waals surface area contributed by atoms with E-state index in [1.54, 1.807) is 13.8 Å². The normalized spacial score (nSPS) is 12.1. The molecule has 86 valence electrons. The number of aliphatic hydroxyl groups is 1. The highest BCUT2D eigenvalue weighted by Gasteiger charge is 2.11. The maximum absolute atomic E-state index is 9.53. The lowest BCUT2D eigenvalue weighted by molar-refractivity contribution is 0.0793. The van der Waals surface area contributed by atoms with Crippen molar-refractivity contribution in [2.45, 2.75) is 39.3 Å². The van der Waals surface area contributed by atoms with Crippen LogP contribution in [0.3, 0.4) is 0 Å². The Morgan fingerprint density at radius 1 is 1.53 bits per heavy atom. The molecular formula is C11H21N3O. The minimum atomic E-state index is -0.661. The Morgan fingerprint density at radius 3 is 2.67 bits per heavy atom. The van der Waals surface area contributed by atoms with Crippen LogP contribution in [-0.2, 0) is 20.0 Å². The summed E-state index contributed by atoms with van der Waals surface area (Å²) >= 11 is 0. The van der Waals surface area contributed by atoms with Crippen molar-refractivity contribution in [3.63, 3.8) is 0 Å². The molecule has 0 fully saturated rings. The van der Waals surface area contributed by atoms with Gasteiger partial charge in [0.05, 0.1) is 17.0 Å². The lowest BCUT2D eigenvalue weighted by atomic mass is 10.1. The third kappa shape index (κ3) is 4.01. The fourth-order valence-corrected chi connectivity index (χ4v) is 1.41. The first-order valence-electron chi connectivity index (χ1n) is 5.37. The third-order valence-electron chi connectivity index (χ3n) is 2.25. The summed E-state index contributed by atoms with van der Waals surface area (Å²) in [6, 6.07) is 2.09. The minimum absolute atomic E-state index is 0.583. The number of nitrogens with zero attached hydrogens (tertiary/aromatic N) is 2. The van der Waals surface area contributed by atoms with E-state index < -0.39 is 5.60 Å². The van der Waals surface area contributed by atoms with Crippen molar-refractivity contribution >= 4 is 0 Å². The van der Waals surface area contributed by atoms with E-state index >= 15 is 0 Å². The average molecular weight is 211 g/mol. The number of aryl methyl sites for hydroxylation is 2. The molecule has 1 aromatic heterocycles. The predicted octanol–water partition coefficient (Wildman–Crippen LogP) is 0.843. The quantitative estimate of drug-likeness (QED) is 0.759. The van der Waals surface area contributed by atoms with Gasteiger partial charge in [-0.1, -0.05) is 6.92 Å². The van der Waals surface area contributed by atoms with Gasteiger partial charge in [-0.2, -0.15) is 5.10 Å². The van der Waals surface area contributed by atoms with Crippen molar-refractivity contribution in [1.29, 1.82) is 0 Å². The fraction of sp³-hybridized carbons (Fsp3) is 0.727. The lowest BCUT2D eigenvalue weighted by Crippen LogP contribution is -2.34. The Balaban J connectivity index is 2.47. The maximum Gasteiger partial charge on any atom is 0.0715 e. The fourth-order valence-electron chi connectivity index (χ4n) is 1.41. The molecule has 0 radical (unpaired) electrons. The Labute approximate surface area is 91.3 Å². The third-order valence-corrected chi connectivity index (χ3v) is 2.25. The summed E-state index contributed by atoms with van der Waals surface area (Å²) in [4.78, 5) is 0. The molecule has 0 amide bonds. The zero-order valence-corrected chi connectivity index (χ0v) is 10.0. The SMILES string of the molecule is CCc1cc(CNCC(C)(C)O)n(C)n1. The molecule has 0 unspecified atom stereocenters. The van der Waals surface area contributed by atoms with Gasteiger partial charge < -0.3 is 10.4 Å². The van der Waals surface area contributed by atoms with Crippen LogP contribution >= 0.6 is 0 Å². The maximum atomic E-state index is 9.53. The minimum Gasteiger partial charge on any atom is -0.389 e. The van der Waals surface area contributed by atoms with Crippen LogP contribution in [0.25, 0.3) is 0 Å². The van der Waals surface area contributed by atoms with Gasteiger partial charge in [0.25, 0.3) is 0 Å². The van der Waals surface area contributed by atoms with E-state index in [1.807, 2.05) is 11.7 Å². The van der Waals surface area contributed by atoms with E-state index in [1.165, 1.54) is 0 Å². The van der Waals surface area contributed by atoms with Gasteiger partial charge in [-0.25, -0.2) is 0 Å². The van der Waals surface area contributed by atoms with Crippen molar-refractivity contribution < 1.29 is 5.11 Å². The van der Waals surface area contributed by atoms with Crippen molar-refractivity contribution in [3.8, 4) is 0 Å². The smallest absolute Gasteiger partial charge is 0.0715 e. The van der Waals surface area contributed by atoms with Gasteiger partial charge in [0, 0.05) is 20.1 Å². The number of hydrogen-bond donors (Lipinski definition) is 2. The molecule has 1 aromatic rings. The molecule has 0 spiro atoms. The molecule has 1 heterocycles. The zero-order valence-electron chi connectivity index (χ0n) is 10.0. The van der Waals surface area contributed by atoms with Gasteiger partial charge in [-0.15, -0.1) is 0 Å². The number of aromatic nitrogens is 2. The summed E-state index contributed by atoms with van der Waals surface area (Å²) in [7, 11) is 1.94. The lowest BCUT2D eigenvalue weighted by Gasteiger charge is -2.17. The summed E-state index contributed by atoms with van der Waals surface area (Å²) in [5.74, 6) is 0. The molecule has 0 aliphatic carbocycles. The monoisotopic (exact) mass is 211 g/mol. The molecule has 0 atom stereocenters. The van der Waals surface area contributed by atoms with Crippen molar-refractivity contribution in [3.05, 3.63) is 17.5 Å². The standard InChI is InChI=1S/C11H21N3O/c1-5-9-6-10(14(4)13-9)7-12-8-11(2,3)15/h6,12,15H,5,7-8H2,1-4H3. The van der Waals surface area contributed by atoms with Gasteiger partial charge in [-0.05, 0) is 26.3 Å². The molecule has 1 rings (SSSR count). The highest BCUT2D eigenvalue weighted by molar-refractivity contribution is 5.09. The second-order valence-electron chi connectivity index (χ2n) is 4.52. The highest BCUT2D eigenvalue weighted by Crippen LogP contribution is 2.04. The molecule has 4 nitrogen and oxygen atoms in total. The predicted molar refractivity (Wildman–Crippen MR) is 60.6 cm³/mol. The molecule has 0 saturated carbocycles. The van der Waals surface area contributed by atoms with E-state index in [4.69, 9.17) is 0 Å². The summed E-state index contributed by atoms with van der Waals surface area (Å²) in [5.41, 5.74) is 1.60. The van der Waals surface area contributed by atoms with E-state index in [-0.39, 0.29) is 0 Å². The topological polar surface area (TPSA) is 50.1 Å². The molecule has 2 N–H and O–H groups in total. The first kappa shape index (κ1) is 12.2. The van der Waals surface area contributed by atoms with Crippen molar-refractivity contribution in [2.75, 3.05) is 6.54 Å². The van der Waals surface area contributed by atoms with E-state index in [0.29, 0.717) is 6.54 Å². The van der Waals surface area contributed by atoms with E-state index in [2.05, 4.69) is 23.4 Å². The van der Waals surface area contributed by atoms with Gasteiger partial charge in [0.1, 0.15) is 0 Å². The summed E-state index contributed by atoms with van der Waals surface area (Å²) in [5, 5.41) is 17.1. The molecule has 0 aromatic carbocycles. The first-order chi connectivity index (χ1) is 6.92. The summed E-state index contributed by atoms with van der Waals surface area (Å²) < 4.78 is 1.89. The van der Waals surface area contributed by atoms with Gasteiger partial charge >= 0.3 is 0 Å². The van der Waals surface area contributed by atoms with Crippen molar-refractivity contribution in [1.82, 2.24) is 15.1 Å². The van der Waals surface area contributed by atoms with Crippen LogP contribution in [0.1, 0.15) is 32.2 Å². The van der Waals surface area contributed by atoms with Gasteiger partial charge in [0.15, 0.2) is 0 Å². The molecule has 0 bridgehead atoms. The van der Waals surface area contributed by atoms with Gasteiger partial charge in [-0.3, -0.25) is 4.68 Å². The Hall–Kier alpha value is -0.870. The highest BCUT2D eigenvalue weighted by atomic mass is 16.3. The number of nitrogens with one attached hydrogen (secondary N) is 1. The molecular weight excluding hydrogens is 190 g/mol. The first-order valence-corrected chi connectivity index (χ1v) is 5.37. The van der Waals surface area contributed by atoms with Crippen LogP contribution in [0.4, 0.5) is 0 Å². The number of rotatable bonds is 5. The molecule has 0 aliphatic rings.